The molecule has 1 heterocycles. The van der Waals surface area contributed by atoms with E-state index in [2.05, 4.69) is 80.8 Å². The minimum absolute atomic E-state index is 0.0986. The normalized spacial score (nSPS) is 44.3. The first kappa shape index (κ1) is 39.1. The van der Waals surface area contributed by atoms with Crippen LogP contribution >= 0.6 is 0 Å². The molecule has 0 aromatic carbocycles. The molecule has 0 bridgehead atoms. The summed E-state index contributed by atoms with van der Waals surface area (Å²) in [5.41, 5.74) is -0.677. The molecule has 2 N–H and O–H groups in total. The highest BCUT2D eigenvalue weighted by molar-refractivity contribution is 6.70. The maximum atomic E-state index is 13.8. The van der Waals surface area contributed by atoms with Crippen LogP contribution in [0.2, 0.25) is 39.3 Å². The first-order chi connectivity index (χ1) is 22.1. The van der Waals surface area contributed by atoms with Crippen LogP contribution in [-0.2, 0) is 23.1 Å². The Kier molecular flexibility index (Phi) is 11.4. The molecule has 7 nitrogen and oxygen atoms in total. The Morgan fingerprint density at radius 3 is 2.15 bits per heavy atom. The molecule has 278 valence electrons. The molecular weight excluding hydrogens is 637 g/mol. The second kappa shape index (κ2) is 14.0. The van der Waals surface area contributed by atoms with E-state index in [0.717, 1.165) is 44.9 Å². The van der Waals surface area contributed by atoms with Gasteiger partial charge in [0, 0.05) is 18.9 Å². The van der Waals surface area contributed by atoms with E-state index in [1.807, 2.05) is 0 Å². The van der Waals surface area contributed by atoms with Crippen LogP contribution < -0.4 is 0 Å². The highest BCUT2D eigenvalue weighted by atomic mass is 28.4. The maximum Gasteiger partial charge on any atom is 0.184 e. The van der Waals surface area contributed by atoms with Gasteiger partial charge in [-0.2, -0.15) is 0 Å². The highest BCUT2D eigenvalue weighted by Gasteiger charge is 2.64. The molecule has 0 aromatic heterocycles. The number of Topliss-reactive ketones (excluding diaryl/α,β-unsaturated/α-hetero) is 1. The summed E-state index contributed by atoms with van der Waals surface area (Å²) in [5, 5.41) is 21.3. The quantitative estimate of drug-likeness (QED) is 0.247. The number of carbonyl (C=O) groups excluding carboxylic acids is 1. The first-order valence-electron chi connectivity index (χ1n) is 19.6. The van der Waals surface area contributed by atoms with Gasteiger partial charge in [0.05, 0.1) is 36.1 Å². The van der Waals surface area contributed by atoms with Gasteiger partial charge in [0.15, 0.2) is 16.6 Å². The van der Waals surface area contributed by atoms with Gasteiger partial charge in [-0.1, -0.05) is 20.8 Å². The Bertz CT molecular complexity index is 1130. The van der Waals surface area contributed by atoms with Gasteiger partial charge in [-0.25, -0.2) is 0 Å². The van der Waals surface area contributed by atoms with Crippen molar-refractivity contribution in [2.75, 3.05) is 6.61 Å². The molecule has 0 aromatic rings. The summed E-state index contributed by atoms with van der Waals surface area (Å²) in [6, 6.07) is 0. The Hall–Kier alpha value is -0.136. The van der Waals surface area contributed by atoms with Crippen molar-refractivity contribution in [1.82, 2.24) is 0 Å². The molecule has 0 amide bonds. The van der Waals surface area contributed by atoms with E-state index in [1.165, 1.54) is 0 Å². The third-order valence-corrected chi connectivity index (χ3v) is 15.8. The topological polar surface area (TPSA) is 94.5 Å². The van der Waals surface area contributed by atoms with Gasteiger partial charge < -0.3 is 28.5 Å². The summed E-state index contributed by atoms with van der Waals surface area (Å²) in [4.78, 5) is 13.8. The van der Waals surface area contributed by atoms with Gasteiger partial charge >= 0.3 is 0 Å². The van der Waals surface area contributed by atoms with Crippen LogP contribution in [-0.4, -0.2) is 81.5 Å². The number of aliphatic hydroxyl groups excluding tert-OH is 2. The van der Waals surface area contributed by atoms with Gasteiger partial charge in [-0.3, -0.25) is 4.79 Å². The van der Waals surface area contributed by atoms with Crippen molar-refractivity contribution in [2.45, 2.75) is 187 Å². The zero-order chi connectivity index (χ0) is 35.6. The highest BCUT2D eigenvalue weighted by Crippen LogP contribution is 2.68. The van der Waals surface area contributed by atoms with Crippen molar-refractivity contribution in [3.05, 3.63) is 0 Å². The Morgan fingerprint density at radius 1 is 0.854 bits per heavy atom. The fraction of sp³-hybridized carbons (Fsp3) is 0.974. The Labute approximate surface area is 295 Å². The number of aliphatic hydroxyl groups is 2. The lowest BCUT2D eigenvalue weighted by Crippen LogP contribution is -2.61. The standard InChI is InChI=1S/C39H72O7Si2/c1-24-15-13-14-20-43-36(37(3,4)44-24)35(46-48(10,11)12)34(45-47(7,8)9)25(2)27-16-17-28-26-21-31(40)30-22-32(41)33(42)23-39(30,6)29(26)18-19-38(27,28)5/h24-30,32-36,41-42H,13-23H2,1-12H3/t24?,25-,26-,27+,28-,29-,30?,32-,33+,34+,35-,36?,38+,39+/m0/s1. The van der Waals surface area contributed by atoms with E-state index in [-0.39, 0.29) is 47.1 Å². The fourth-order valence-corrected chi connectivity index (χ4v) is 14.1. The lowest BCUT2D eigenvalue weighted by Gasteiger charge is -2.61. The minimum Gasteiger partial charge on any atom is -0.412 e. The summed E-state index contributed by atoms with van der Waals surface area (Å²) in [6.07, 6.45) is 7.23. The number of ketones is 1. The predicted molar refractivity (Wildman–Crippen MR) is 197 cm³/mol. The molecule has 9 heteroatoms. The molecule has 14 atom stereocenters. The number of fused-ring (bicyclic) bond motifs is 5. The van der Waals surface area contributed by atoms with E-state index < -0.39 is 34.4 Å². The molecule has 0 radical (unpaired) electrons. The second-order valence-corrected chi connectivity index (χ2v) is 28.9. The summed E-state index contributed by atoms with van der Waals surface area (Å²) in [6.45, 7) is 28.3. The molecule has 5 fully saturated rings. The molecular formula is C39H72O7Si2. The third kappa shape index (κ3) is 7.79. The van der Waals surface area contributed by atoms with E-state index in [1.54, 1.807) is 0 Å². The van der Waals surface area contributed by atoms with Gasteiger partial charge in [0.2, 0.25) is 0 Å². The molecule has 3 unspecified atom stereocenters. The zero-order valence-corrected chi connectivity index (χ0v) is 34.6. The maximum absolute atomic E-state index is 13.8. The van der Waals surface area contributed by atoms with Crippen LogP contribution in [0.25, 0.3) is 0 Å². The van der Waals surface area contributed by atoms with Gasteiger partial charge in [0.25, 0.3) is 0 Å². The Balaban J connectivity index is 1.49. The van der Waals surface area contributed by atoms with Crippen LogP contribution in [0.5, 0.6) is 0 Å². The van der Waals surface area contributed by atoms with Crippen molar-refractivity contribution in [2.24, 2.45) is 46.3 Å². The number of rotatable bonds is 8. The largest absolute Gasteiger partial charge is 0.412 e. The van der Waals surface area contributed by atoms with Gasteiger partial charge in [-0.05, 0) is 158 Å². The van der Waals surface area contributed by atoms with Crippen LogP contribution in [0.4, 0.5) is 0 Å². The smallest absolute Gasteiger partial charge is 0.184 e. The summed E-state index contributed by atoms with van der Waals surface area (Å²) >= 11 is 0. The average Bonchev–Trinajstić information content (AvgIpc) is 3.31. The van der Waals surface area contributed by atoms with Crippen molar-refractivity contribution >= 4 is 22.4 Å². The van der Waals surface area contributed by atoms with Crippen LogP contribution in [0.15, 0.2) is 0 Å². The number of carbonyl (C=O) groups is 1. The van der Waals surface area contributed by atoms with Gasteiger partial charge in [0.1, 0.15) is 11.9 Å². The predicted octanol–water partition coefficient (Wildman–Crippen LogP) is 7.99. The van der Waals surface area contributed by atoms with Crippen molar-refractivity contribution < 1.29 is 33.3 Å². The third-order valence-electron chi connectivity index (χ3n) is 13.8. The molecule has 1 aliphatic heterocycles. The molecule has 5 aliphatic rings. The number of ether oxygens (including phenoxy) is 2. The Morgan fingerprint density at radius 2 is 1.50 bits per heavy atom. The number of hydrogen-bond donors (Lipinski definition) is 2. The van der Waals surface area contributed by atoms with Crippen LogP contribution in [0.1, 0.15) is 106 Å². The van der Waals surface area contributed by atoms with E-state index in [4.69, 9.17) is 18.3 Å². The molecule has 5 rings (SSSR count). The van der Waals surface area contributed by atoms with Gasteiger partial charge in [-0.15, -0.1) is 0 Å². The summed E-state index contributed by atoms with van der Waals surface area (Å²) in [5.74, 6) is 2.10. The molecule has 0 spiro atoms. The van der Waals surface area contributed by atoms with Crippen molar-refractivity contribution in [1.29, 1.82) is 0 Å². The van der Waals surface area contributed by atoms with Crippen molar-refractivity contribution in [3.8, 4) is 0 Å². The van der Waals surface area contributed by atoms with E-state index in [0.29, 0.717) is 55.3 Å². The monoisotopic (exact) mass is 708 g/mol. The second-order valence-electron chi connectivity index (χ2n) is 20.0. The lowest BCUT2D eigenvalue weighted by atomic mass is 9.44. The van der Waals surface area contributed by atoms with E-state index in [9.17, 15) is 15.0 Å². The molecule has 1 saturated heterocycles. The summed E-state index contributed by atoms with van der Waals surface area (Å²) < 4.78 is 28.3. The molecule has 4 aliphatic carbocycles. The summed E-state index contributed by atoms with van der Waals surface area (Å²) in [7, 11) is -4.07. The lowest BCUT2D eigenvalue weighted by molar-refractivity contribution is -0.198. The van der Waals surface area contributed by atoms with E-state index >= 15 is 0 Å². The zero-order valence-electron chi connectivity index (χ0n) is 32.6. The SMILES string of the molecule is CC1CCCCOC([C@@H](O[Si](C)(C)C)[C@H](O[Si](C)(C)C)[C@@H](C)[C@H]2CC[C@H]3[C@@H]4CC(=O)C5C[C@H](O)[C@H](O)C[C@]5(C)[C@H]4CC[C@]23C)C(C)(C)O1. The van der Waals surface area contributed by atoms with Crippen molar-refractivity contribution in [3.63, 3.8) is 0 Å². The molecule has 4 saturated carbocycles. The average molecular weight is 709 g/mol. The van der Waals surface area contributed by atoms with Crippen LogP contribution in [0.3, 0.4) is 0 Å². The fourth-order valence-electron chi connectivity index (χ4n) is 11.9. The first-order valence-corrected chi connectivity index (χ1v) is 26.4. The number of hydrogen-bond acceptors (Lipinski definition) is 7. The minimum atomic E-state index is -2.04. The molecule has 48 heavy (non-hydrogen) atoms. The van der Waals surface area contributed by atoms with Crippen LogP contribution in [0, 0.1) is 46.3 Å².